The molecule has 0 fully saturated rings. The van der Waals surface area contributed by atoms with Crippen molar-refractivity contribution < 1.29 is 22.8 Å². The number of fused-ring (bicyclic) bond motifs is 1. The second-order valence-corrected chi connectivity index (χ2v) is 12.4. The van der Waals surface area contributed by atoms with Crippen molar-refractivity contribution >= 4 is 68.1 Å². The highest BCUT2D eigenvalue weighted by Crippen LogP contribution is 2.33. The van der Waals surface area contributed by atoms with Gasteiger partial charge in [0.25, 0.3) is 10.0 Å². The molecule has 1 aromatic heterocycles. The number of carbonyl (C=O) groups excluding carboxylic acids is 3. The lowest BCUT2D eigenvalue weighted by molar-refractivity contribution is -0.128. The van der Waals surface area contributed by atoms with Crippen LogP contribution < -0.4 is 14.9 Å². The minimum absolute atomic E-state index is 0.0473. The molecule has 0 saturated carbocycles. The van der Waals surface area contributed by atoms with Crippen molar-refractivity contribution in [2.75, 3.05) is 10.8 Å². The molecule has 2 amide bonds. The average molecular weight is 624 g/mol. The summed E-state index contributed by atoms with van der Waals surface area (Å²) >= 11 is 18.5. The van der Waals surface area contributed by atoms with Crippen LogP contribution in [0.2, 0.25) is 15.1 Å². The van der Waals surface area contributed by atoms with Gasteiger partial charge in [-0.15, -0.1) is 0 Å². The number of amides is 2. The van der Waals surface area contributed by atoms with Gasteiger partial charge in [0.2, 0.25) is 11.8 Å². The smallest absolute Gasteiger partial charge is 0.264 e. The molecule has 0 radical (unpaired) electrons. The van der Waals surface area contributed by atoms with E-state index in [-0.39, 0.29) is 62.3 Å². The molecule has 9 nitrogen and oxygen atoms in total. The first-order valence-electron chi connectivity index (χ1n) is 12.2. The number of nitrogens with zero attached hydrogens (tertiary/aromatic N) is 2. The minimum atomic E-state index is -4.16. The van der Waals surface area contributed by atoms with Gasteiger partial charge in [-0.3, -0.25) is 23.7 Å². The molecular formula is C27H25Cl3N4O5S. The quantitative estimate of drug-likeness (QED) is 0.362. The summed E-state index contributed by atoms with van der Waals surface area (Å²) in [5, 5.41) is 5.96. The largest absolute Gasteiger partial charge is 0.349 e. The van der Waals surface area contributed by atoms with E-state index in [1.54, 1.807) is 30.3 Å². The highest BCUT2D eigenvalue weighted by molar-refractivity contribution is 7.92. The molecule has 0 bridgehead atoms. The van der Waals surface area contributed by atoms with Crippen LogP contribution in [-0.2, 0) is 32.5 Å². The first-order chi connectivity index (χ1) is 18.9. The molecule has 3 aromatic rings. The third kappa shape index (κ3) is 6.58. The summed E-state index contributed by atoms with van der Waals surface area (Å²) in [7, 11) is -4.16. The number of halogens is 3. The lowest BCUT2D eigenvalue weighted by Crippen LogP contribution is -2.54. The average Bonchev–Trinajstić information content (AvgIpc) is 2.87. The molecule has 13 heteroatoms. The van der Waals surface area contributed by atoms with Crippen molar-refractivity contribution in [1.82, 2.24) is 15.6 Å². The van der Waals surface area contributed by atoms with E-state index in [0.29, 0.717) is 11.3 Å². The van der Waals surface area contributed by atoms with E-state index in [9.17, 15) is 22.8 Å². The SMILES string of the molecule is CC(=O)N[C@H](C)C(=O)N[C@@H]1Cc2ncc(CC(=O)c3c(Cl)cccc3Cl)cc2N(S(=O)(=O)c2cccc(Cl)c2)C1. The molecule has 1 aliphatic rings. The molecule has 0 spiro atoms. The highest BCUT2D eigenvalue weighted by atomic mass is 35.5. The lowest BCUT2D eigenvalue weighted by Gasteiger charge is -2.35. The Morgan fingerprint density at radius 2 is 1.75 bits per heavy atom. The van der Waals surface area contributed by atoms with Crippen molar-refractivity contribution in [3.8, 4) is 0 Å². The monoisotopic (exact) mass is 622 g/mol. The fourth-order valence-corrected chi connectivity index (χ4v) is 6.84. The van der Waals surface area contributed by atoms with Crippen LogP contribution in [0.15, 0.2) is 59.6 Å². The topological polar surface area (TPSA) is 126 Å². The zero-order valence-electron chi connectivity index (χ0n) is 21.4. The Labute approximate surface area is 246 Å². The van der Waals surface area contributed by atoms with Crippen LogP contribution in [0.5, 0.6) is 0 Å². The molecule has 4 rings (SSSR count). The molecule has 2 atom stereocenters. The minimum Gasteiger partial charge on any atom is -0.349 e. The number of hydrogen-bond acceptors (Lipinski definition) is 6. The number of benzene rings is 2. The van der Waals surface area contributed by atoms with E-state index in [0.717, 1.165) is 4.31 Å². The molecule has 0 unspecified atom stereocenters. The van der Waals surface area contributed by atoms with Gasteiger partial charge in [-0.1, -0.05) is 46.9 Å². The molecule has 2 aromatic carbocycles. The summed E-state index contributed by atoms with van der Waals surface area (Å²) in [6.07, 6.45) is 1.58. The summed E-state index contributed by atoms with van der Waals surface area (Å²) in [6.45, 7) is 2.71. The number of pyridine rings is 1. The Hall–Kier alpha value is -3.18. The standard InChI is InChI=1S/C27H25Cl3N4O5S/c1-15(32-16(2)35)27(37)33-19-12-23-24(34(14-19)40(38,39)20-6-3-5-18(28)11-20)9-17(13-31-23)10-25(36)26-21(29)7-4-8-22(26)30/h3-9,11,13,15,19H,10,12,14H2,1-2H3,(H,32,35)(H,33,37)/t15-,19-/m1/s1. The Morgan fingerprint density at radius 3 is 2.40 bits per heavy atom. The maximum Gasteiger partial charge on any atom is 0.264 e. The van der Waals surface area contributed by atoms with Gasteiger partial charge in [-0.25, -0.2) is 8.42 Å². The first kappa shape index (κ1) is 29.8. The van der Waals surface area contributed by atoms with Gasteiger partial charge in [0, 0.05) is 31.0 Å². The number of anilines is 1. The number of hydrogen-bond donors (Lipinski definition) is 2. The van der Waals surface area contributed by atoms with E-state index in [1.165, 1.54) is 38.2 Å². The van der Waals surface area contributed by atoms with E-state index < -0.39 is 28.0 Å². The van der Waals surface area contributed by atoms with Crippen LogP contribution >= 0.6 is 34.8 Å². The maximum absolute atomic E-state index is 13.8. The first-order valence-corrected chi connectivity index (χ1v) is 14.7. The van der Waals surface area contributed by atoms with E-state index >= 15 is 0 Å². The second-order valence-electron chi connectivity index (χ2n) is 9.33. The van der Waals surface area contributed by atoms with Crippen molar-refractivity contribution in [3.63, 3.8) is 0 Å². The summed E-state index contributed by atoms with van der Waals surface area (Å²) in [5.41, 5.74) is 1.30. The summed E-state index contributed by atoms with van der Waals surface area (Å²) in [4.78, 5) is 41.6. The number of Topliss-reactive ketones (excluding diaryl/α,β-unsaturated/α-hetero) is 1. The van der Waals surface area contributed by atoms with Gasteiger partial charge < -0.3 is 10.6 Å². The van der Waals surface area contributed by atoms with Crippen LogP contribution in [0.1, 0.15) is 35.5 Å². The van der Waals surface area contributed by atoms with Crippen molar-refractivity contribution in [3.05, 3.63) is 86.6 Å². The number of nitrogens with one attached hydrogen (secondary N) is 2. The third-order valence-corrected chi connectivity index (χ3v) is 8.89. The number of aromatic nitrogens is 1. The third-order valence-electron chi connectivity index (χ3n) is 6.25. The van der Waals surface area contributed by atoms with Gasteiger partial charge >= 0.3 is 0 Å². The molecule has 2 N–H and O–H groups in total. The molecule has 2 heterocycles. The Morgan fingerprint density at radius 1 is 1.07 bits per heavy atom. The van der Waals surface area contributed by atoms with E-state index in [2.05, 4.69) is 15.6 Å². The van der Waals surface area contributed by atoms with Crippen molar-refractivity contribution in [2.45, 2.75) is 43.7 Å². The number of ketones is 1. The molecule has 0 aliphatic carbocycles. The number of sulfonamides is 1. The van der Waals surface area contributed by atoms with Gasteiger partial charge in [0.15, 0.2) is 5.78 Å². The van der Waals surface area contributed by atoms with Crippen molar-refractivity contribution in [1.29, 1.82) is 0 Å². The van der Waals surface area contributed by atoms with E-state index in [1.807, 2.05) is 0 Å². The fraction of sp³-hybridized carbons (Fsp3) is 0.259. The van der Waals surface area contributed by atoms with Crippen molar-refractivity contribution in [2.24, 2.45) is 0 Å². The van der Waals surface area contributed by atoms with Gasteiger partial charge in [0.05, 0.1) is 44.5 Å². The summed E-state index contributed by atoms with van der Waals surface area (Å²) in [6, 6.07) is 10.7. The van der Waals surface area contributed by atoms with E-state index in [4.69, 9.17) is 34.8 Å². The molecule has 210 valence electrons. The number of carbonyl (C=O) groups is 3. The molecule has 1 aliphatic heterocycles. The predicted molar refractivity (Wildman–Crippen MR) is 154 cm³/mol. The zero-order chi connectivity index (χ0) is 29.2. The van der Waals surface area contributed by atoms with Crippen LogP contribution in [0.25, 0.3) is 0 Å². The second kappa shape index (κ2) is 12.1. The van der Waals surface area contributed by atoms with Gasteiger partial charge in [-0.05, 0) is 48.9 Å². The van der Waals surface area contributed by atoms with Crippen LogP contribution in [0.3, 0.4) is 0 Å². The summed E-state index contributed by atoms with van der Waals surface area (Å²) in [5.74, 6) is -1.19. The molecular weight excluding hydrogens is 599 g/mol. The van der Waals surface area contributed by atoms with Gasteiger partial charge in [0.1, 0.15) is 6.04 Å². The fourth-order valence-electron chi connectivity index (χ4n) is 4.40. The number of rotatable bonds is 8. The van der Waals surface area contributed by atoms with Gasteiger partial charge in [-0.2, -0.15) is 0 Å². The Bertz CT molecular complexity index is 1580. The lowest BCUT2D eigenvalue weighted by atomic mass is 10.00. The molecule has 40 heavy (non-hydrogen) atoms. The predicted octanol–water partition coefficient (Wildman–Crippen LogP) is 4.23. The Kier molecular flexibility index (Phi) is 9.04. The zero-order valence-corrected chi connectivity index (χ0v) is 24.5. The van der Waals surface area contributed by atoms with Crippen LogP contribution in [-0.4, -0.2) is 49.6 Å². The maximum atomic E-state index is 13.8. The Balaban J connectivity index is 1.70. The summed E-state index contributed by atoms with van der Waals surface area (Å²) < 4.78 is 28.8. The normalized spacial score (nSPS) is 15.6. The highest BCUT2D eigenvalue weighted by Gasteiger charge is 2.36. The van der Waals surface area contributed by atoms with Crippen LogP contribution in [0.4, 0.5) is 5.69 Å². The van der Waals surface area contributed by atoms with Crippen LogP contribution in [0, 0.1) is 0 Å². The molecule has 0 saturated heterocycles.